The lowest BCUT2D eigenvalue weighted by atomic mass is 10.1. The molecule has 1 aromatic rings. The normalized spacial score (nSPS) is 19.7. The number of nitrogens with zero attached hydrogens (tertiary/aromatic N) is 1. The maximum atomic E-state index is 12.1. The molecule has 2 N–H and O–H groups in total. The molecular formula is C16H25N3O3. The average molecular weight is 307 g/mol. The highest BCUT2D eigenvalue weighted by Crippen LogP contribution is 2.13. The zero-order valence-corrected chi connectivity index (χ0v) is 13.5. The zero-order valence-electron chi connectivity index (χ0n) is 13.5. The number of piperidine rings is 1. The summed E-state index contributed by atoms with van der Waals surface area (Å²) in [6.45, 7) is 7.44. The fourth-order valence-electron chi connectivity index (χ4n) is 2.58. The highest BCUT2D eigenvalue weighted by atomic mass is 16.6. The van der Waals surface area contributed by atoms with Crippen LogP contribution in [0.4, 0.5) is 4.79 Å². The number of likely N-dealkylation sites (tertiary alicyclic amines) is 1. The van der Waals surface area contributed by atoms with E-state index in [0.29, 0.717) is 18.8 Å². The summed E-state index contributed by atoms with van der Waals surface area (Å²) in [7, 11) is 0. The van der Waals surface area contributed by atoms with Crippen molar-refractivity contribution in [2.45, 2.75) is 45.3 Å². The summed E-state index contributed by atoms with van der Waals surface area (Å²) in [6.07, 6.45) is 3.22. The van der Waals surface area contributed by atoms with E-state index in [1.807, 2.05) is 26.8 Å². The number of alkyl carbamates (subject to hydrolysis) is 1. The summed E-state index contributed by atoms with van der Waals surface area (Å²) in [6, 6.07) is 3.62. The maximum absolute atomic E-state index is 12.1. The summed E-state index contributed by atoms with van der Waals surface area (Å²) in [5, 5.41) is 2.89. The Morgan fingerprint density at radius 3 is 2.86 bits per heavy atom. The van der Waals surface area contributed by atoms with E-state index in [1.54, 1.807) is 12.3 Å². The van der Waals surface area contributed by atoms with Crippen molar-refractivity contribution in [1.29, 1.82) is 0 Å². The monoisotopic (exact) mass is 307 g/mol. The van der Waals surface area contributed by atoms with Gasteiger partial charge in [0.05, 0.1) is 12.2 Å². The maximum Gasteiger partial charge on any atom is 0.407 e. The Bertz CT molecular complexity index is 505. The SMILES string of the molecule is CC(C)(C)OC(=O)NC1CCCN(CC(=O)c2ccc[nH]2)C1. The molecule has 0 radical (unpaired) electrons. The number of ketones is 1. The third-order valence-corrected chi connectivity index (χ3v) is 3.49. The van der Waals surface area contributed by atoms with Gasteiger partial charge in [0.2, 0.25) is 0 Å². The molecule has 122 valence electrons. The number of carbonyl (C=O) groups excluding carboxylic acids is 2. The lowest BCUT2D eigenvalue weighted by Gasteiger charge is -2.33. The van der Waals surface area contributed by atoms with Gasteiger partial charge in [0.15, 0.2) is 5.78 Å². The first-order chi connectivity index (χ1) is 10.3. The van der Waals surface area contributed by atoms with Crippen LogP contribution in [0.2, 0.25) is 0 Å². The molecule has 1 aliphatic heterocycles. The van der Waals surface area contributed by atoms with Gasteiger partial charge in [-0.1, -0.05) is 0 Å². The van der Waals surface area contributed by atoms with Crippen LogP contribution >= 0.6 is 0 Å². The standard InChI is InChI=1S/C16H25N3O3/c1-16(2,3)22-15(21)18-12-6-5-9-19(10-12)11-14(20)13-7-4-8-17-13/h4,7-8,12,17H,5-6,9-11H2,1-3H3,(H,18,21). The summed E-state index contributed by atoms with van der Waals surface area (Å²) >= 11 is 0. The molecule has 1 amide bonds. The average Bonchev–Trinajstić information content (AvgIpc) is 2.90. The van der Waals surface area contributed by atoms with Gasteiger partial charge in [0.1, 0.15) is 5.60 Å². The second kappa shape index (κ2) is 6.96. The molecule has 0 spiro atoms. The topological polar surface area (TPSA) is 74.4 Å². The molecule has 0 aromatic carbocycles. The van der Waals surface area contributed by atoms with E-state index in [-0.39, 0.29) is 11.8 Å². The van der Waals surface area contributed by atoms with Crippen LogP contribution < -0.4 is 5.32 Å². The van der Waals surface area contributed by atoms with Crippen molar-refractivity contribution in [3.8, 4) is 0 Å². The van der Waals surface area contributed by atoms with E-state index in [1.165, 1.54) is 0 Å². The summed E-state index contributed by atoms with van der Waals surface area (Å²) < 4.78 is 5.28. The van der Waals surface area contributed by atoms with Crippen LogP contribution in [0.15, 0.2) is 18.3 Å². The minimum atomic E-state index is -0.498. The van der Waals surface area contributed by atoms with Gasteiger partial charge >= 0.3 is 6.09 Å². The number of nitrogens with one attached hydrogen (secondary N) is 2. The number of H-pyrrole nitrogens is 1. The Kier molecular flexibility index (Phi) is 5.24. The number of ether oxygens (including phenoxy) is 1. The molecule has 6 heteroatoms. The minimum absolute atomic E-state index is 0.0278. The fourth-order valence-corrected chi connectivity index (χ4v) is 2.58. The van der Waals surface area contributed by atoms with E-state index in [0.717, 1.165) is 19.4 Å². The van der Waals surface area contributed by atoms with E-state index in [4.69, 9.17) is 4.74 Å². The third kappa shape index (κ3) is 5.18. The van der Waals surface area contributed by atoms with Crippen LogP contribution in [0.1, 0.15) is 44.1 Å². The molecular weight excluding hydrogens is 282 g/mol. The Labute approximate surface area is 131 Å². The number of Topliss-reactive ketones (excluding diaryl/α,β-unsaturated/α-hetero) is 1. The Morgan fingerprint density at radius 2 is 2.23 bits per heavy atom. The van der Waals surface area contributed by atoms with Crippen LogP contribution in [0.3, 0.4) is 0 Å². The largest absolute Gasteiger partial charge is 0.444 e. The van der Waals surface area contributed by atoms with Gasteiger partial charge in [-0.25, -0.2) is 4.79 Å². The van der Waals surface area contributed by atoms with Crippen LogP contribution in [-0.2, 0) is 4.74 Å². The van der Waals surface area contributed by atoms with E-state index in [9.17, 15) is 9.59 Å². The fraction of sp³-hybridized carbons (Fsp3) is 0.625. The highest BCUT2D eigenvalue weighted by Gasteiger charge is 2.25. The first kappa shape index (κ1) is 16.5. The van der Waals surface area contributed by atoms with Gasteiger partial charge in [-0.3, -0.25) is 9.69 Å². The molecule has 0 bridgehead atoms. The van der Waals surface area contributed by atoms with Crippen molar-refractivity contribution in [2.24, 2.45) is 0 Å². The number of hydrogen-bond acceptors (Lipinski definition) is 4. The smallest absolute Gasteiger partial charge is 0.407 e. The molecule has 1 fully saturated rings. The van der Waals surface area contributed by atoms with Gasteiger partial charge in [0, 0.05) is 18.8 Å². The first-order valence-corrected chi connectivity index (χ1v) is 7.72. The summed E-state index contributed by atoms with van der Waals surface area (Å²) in [5.74, 6) is 0.0721. The predicted octanol–water partition coefficient (Wildman–Crippen LogP) is 2.19. The van der Waals surface area contributed by atoms with Crippen molar-refractivity contribution in [2.75, 3.05) is 19.6 Å². The number of rotatable bonds is 4. The Hall–Kier alpha value is -1.82. The van der Waals surface area contributed by atoms with Crippen molar-refractivity contribution in [1.82, 2.24) is 15.2 Å². The molecule has 1 unspecified atom stereocenters. The Balaban J connectivity index is 1.81. The first-order valence-electron chi connectivity index (χ1n) is 7.72. The molecule has 22 heavy (non-hydrogen) atoms. The van der Waals surface area contributed by atoms with E-state index >= 15 is 0 Å². The molecule has 0 aliphatic carbocycles. The molecule has 6 nitrogen and oxygen atoms in total. The molecule has 1 aromatic heterocycles. The Morgan fingerprint density at radius 1 is 1.45 bits per heavy atom. The quantitative estimate of drug-likeness (QED) is 0.836. The van der Waals surface area contributed by atoms with Crippen LogP contribution in [0, 0.1) is 0 Å². The molecule has 1 aliphatic rings. The zero-order chi connectivity index (χ0) is 16.2. The minimum Gasteiger partial charge on any atom is -0.444 e. The third-order valence-electron chi connectivity index (χ3n) is 3.49. The van der Waals surface area contributed by atoms with Crippen molar-refractivity contribution in [3.63, 3.8) is 0 Å². The van der Waals surface area contributed by atoms with Gasteiger partial charge in [-0.2, -0.15) is 0 Å². The number of amides is 1. The van der Waals surface area contributed by atoms with Crippen LogP contribution in [-0.4, -0.2) is 53.0 Å². The van der Waals surface area contributed by atoms with Gasteiger partial charge in [-0.15, -0.1) is 0 Å². The molecule has 2 heterocycles. The number of carbonyl (C=O) groups is 2. The van der Waals surface area contributed by atoms with E-state index in [2.05, 4.69) is 15.2 Å². The van der Waals surface area contributed by atoms with E-state index < -0.39 is 11.7 Å². The highest BCUT2D eigenvalue weighted by molar-refractivity contribution is 5.95. The van der Waals surface area contributed by atoms with Crippen LogP contribution in [0.25, 0.3) is 0 Å². The molecule has 2 rings (SSSR count). The second-order valence-corrected chi connectivity index (χ2v) is 6.73. The van der Waals surface area contributed by atoms with Crippen molar-refractivity contribution in [3.05, 3.63) is 24.0 Å². The lowest BCUT2D eigenvalue weighted by molar-refractivity contribution is 0.0473. The molecule has 1 saturated heterocycles. The molecule has 1 atom stereocenters. The summed E-state index contributed by atoms with van der Waals surface area (Å²) in [5.41, 5.74) is 0.129. The number of aromatic amines is 1. The van der Waals surface area contributed by atoms with Crippen molar-refractivity contribution >= 4 is 11.9 Å². The molecule has 0 saturated carbocycles. The predicted molar refractivity (Wildman–Crippen MR) is 84.0 cm³/mol. The van der Waals surface area contributed by atoms with Crippen molar-refractivity contribution < 1.29 is 14.3 Å². The summed E-state index contributed by atoms with van der Waals surface area (Å²) in [4.78, 5) is 28.9. The van der Waals surface area contributed by atoms with Crippen LogP contribution in [0.5, 0.6) is 0 Å². The number of aromatic nitrogens is 1. The number of hydrogen-bond donors (Lipinski definition) is 2. The van der Waals surface area contributed by atoms with Gasteiger partial charge < -0.3 is 15.0 Å². The van der Waals surface area contributed by atoms with Gasteiger partial charge in [0.25, 0.3) is 0 Å². The second-order valence-electron chi connectivity index (χ2n) is 6.73. The van der Waals surface area contributed by atoms with Gasteiger partial charge in [-0.05, 0) is 52.3 Å². The lowest BCUT2D eigenvalue weighted by Crippen LogP contribution is -2.49.